The van der Waals surface area contributed by atoms with Crippen LogP contribution in [0.5, 0.6) is 11.5 Å². The highest BCUT2D eigenvalue weighted by atomic mass is 127. The van der Waals surface area contributed by atoms with Gasteiger partial charge in [0.25, 0.3) is 0 Å². The van der Waals surface area contributed by atoms with Crippen LogP contribution in [0.25, 0.3) is 0 Å². The number of phenols is 2. The van der Waals surface area contributed by atoms with Gasteiger partial charge in [0.15, 0.2) is 0 Å². The minimum absolute atomic E-state index is 0. The molecule has 0 saturated carbocycles. The van der Waals surface area contributed by atoms with E-state index in [0.29, 0.717) is 0 Å². The van der Waals surface area contributed by atoms with Gasteiger partial charge in [-0.1, -0.05) is 42.5 Å². The molecule has 0 heterocycles. The van der Waals surface area contributed by atoms with Crippen molar-refractivity contribution < 1.29 is 34.2 Å². The number of hydrogen-bond acceptors (Lipinski definition) is 2. The first-order valence-corrected chi connectivity index (χ1v) is 8.44. The molecule has 0 aromatic heterocycles. The van der Waals surface area contributed by atoms with Crippen molar-refractivity contribution in [3.8, 4) is 11.5 Å². The van der Waals surface area contributed by atoms with Crippen molar-refractivity contribution in [2.75, 3.05) is 0 Å². The van der Waals surface area contributed by atoms with Gasteiger partial charge >= 0.3 is 0 Å². The fourth-order valence-electron chi connectivity index (χ4n) is 2.50. The SMILES string of the molecule is Oc1ccc(C([PH2+]c2ccccc2)c2ccc(O)cc2)cc1.[I-]. The first-order chi connectivity index (χ1) is 10.7. The van der Waals surface area contributed by atoms with E-state index in [9.17, 15) is 10.2 Å². The standard InChI is InChI=1S/C19H17O2P.HI/c20-16-10-6-14(7-11-16)19(15-8-12-17(21)13-9-15)22-18-4-2-1-3-5-18;/h1-13,19-22H;1H. The van der Waals surface area contributed by atoms with Gasteiger partial charge in [-0.3, -0.25) is 0 Å². The molecule has 2 nitrogen and oxygen atoms in total. The van der Waals surface area contributed by atoms with E-state index in [4.69, 9.17) is 0 Å². The van der Waals surface area contributed by atoms with E-state index < -0.39 is 0 Å². The first-order valence-electron chi connectivity index (χ1n) is 7.20. The number of phenolic OH excluding ortho intramolecular Hbond substituents is 2. The van der Waals surface area contributed by atoms with Gasteiger partial charge in [0.1, 0.15) is 17.2 Å². The van der Waals surface area contributed by atoms with Gasteiger partial charge in [0.2, 0.25) is 0 Å². The topological polar surface area (TPSA) is 40.5 Å². The number of hydrogen-bond donors (Lipinski definition) is 2. The lowest BCUT2D eigenvalue weighted by molar-refractivity contribution is -0.00000631. The molecule has 4 heteroatoms. The molecule has 0 spiro atoms. The predicted octanol–water partition coefficient (Wildman–Crippen LogP) is 0.928. The van der Waals surface area contributed by atoms with Crippen LogP contribution in [-0.2, 0) is 0 Å². The van der Waals surface area contributed by atoms with Crippen LogP contribution < -0.4 is 29.3 Å². The zero-order chi connectivity index (χ0) is 15.4. The molecule has 0 radical (unpaired) electrons. The fraction of sp³-hybridized carbons (Fsp3) is 0.0526. The van der Waals surface area contributed by atoms with Gasteiger partial charge in [-0.05, 0) is 47.5 Å². The van der Waals surface area contributed by atoms with E-state index in [0.717, 1.165) is 0 Å². The summed E-state index contributed by atoms with van der Waals surface area (Å²) in [5.74, 6) is 0.561. The first kappa shape index (κ1) is 17.8. The largest absolute Gasteiger partial charge is 1.00 e. The molecular formula is C19H18IO2P. The Bertz CT molecular complexity index is 682. The van der Waals surface area contributed by atoms with Crippen LogP contribution in [0.1, 0.15) is 16.8 Å². The second-order valence-corrected chi connectivity index (χ2v) is 6.90. The molecule has 3 aromatic carbocycles. The lowest BCUT2D eigenvalue weighted by Crippen LogP contribution is -3.00. The van der Waals surface area contributed by atoms with E-state index >= 15 is 0 Å². The van der Waals surface area contributed by atoms with E-state index in [1.54, 1.807) is 24.3 Å². The van der Waals surface area contributed by atoms with Gasteiger partial charge in [0, 0.05) is 8.58 Å². The van der Waals surface area contributed by atoms with E-state index in [1.165, 1.54) is 16.4 Å². The van der Waals surface area contributed by atoms with Crippen molar-refractivity contribution in [3.05, 3.63) is 90.0 Å². The molecule has 0 fully saturated rings. The molecule has 0 aliphatic heterocycles. The van der Waals surface area contributed by atoms with Crippen molar-refractivity contribution >= 4 is 13.9 Å². The summed E-state index contributed by atoms with van der Waals surface area (Å²) in [6, 6.07) is 25.3. The van der Waals surface area contributed by atoms with E-state index in [1.807, 2.05) is 30.3 Å². The summed E-state index contributed by atoms with van der Waals surface area (Å²) < 4.78 is 0. The van der Waals surface area contributed by atoms with Crippen LogP contribution in [0.15, 0.2) is 78.9 Å². The smallest absolute Gasteiger partial charge is 0.119 e. The van der Waals surface area contributed by atoms with Gasteiger partial charge in [-0.15, -0.1) is 0 Å². The Kier molecular flexibility index (Phi) is 6.43. The second kappa shape index (κ2) is 8.32. The molecule has 1 atom stereocenters. The lowest BCUT2D eigenvalue weighted by Gasteiger charge is -2.13. The second-order valence-electron chi connectivity index (χ2n) is 5.24. The molecule has 0 aliphatic rings. The van der Waals surface area contributed by atoms with Crippen LogP contribution in [0, 0.1) is 0 Å². The molecule has 118 valence electrons. The molecule has 0 amide bonds. The van der Waals surface area contributed by atoms with E-state index in [2.05, 4.69) is 24.3 Å². The third kappa shape index (κ3) is 4.69. The van der Waals surface area contributed by atoms with Gasteiger partial charge in [-0.2, -0.15) is 0 Å². The Balaban J connectivity index is 0.00000192. The average molecular weight is 436 g/mol. The van der Waals surface area contributed by atoms with Crippen LogP contribution in [-0.4, -0.2) is 10.2 Å². The summed E-state index contributed by atoms with van der Waals surface area (Å²) in [4.78, 5) is 0. The Morgan fingerprint density at radius 3 is 1.48 bits per heavy atom. The van der Waals surface area contributed by atoms with Gasteiger partial charge in [0.05, 0.1) is 5.30 Å². The maximum atomic E-state index is 9.51. The summed E-state index contributed by atoms with van der Waals surface area (Å²) in [5, 5.41) is 20.4. The molecule has 0 saturated heterocycles. The van der Waals surface area contributed by atoms with Gasteiger partial charge < -0.3 is 34.2 Å². The van der Waals surface area contributed by atoms with Crippen LogP contribution in [0.3, 0.4) is 0 Å². The van der Waals surface area contributed by atoms with Crippen molar-refractivity contribution in [1.82, 2.24) is 0 Å². The fourth-order valence-corrected chi connectivity index (χ4v) is 4.16. The average Bonchev–Trinajstić information content (AvgIpc) is 2.56. The Morgan fingerprint density at radius 1 is 0.609 bits per heavy atom. The third-order valence-corrected chi connectivity index (χ3v) is 5.54. The minimum atomic E-state index is -0.000520. The monoisotopic (exact) mass is 436 g/mol. The molecule has 3 rings (SSSR count). The maximum Gasteiger partial charge on any atom is 0.119 e. The Morgan fingerprint density at radius 2 is 1.04 bits per heavy atom. The third-order valence-electron chi connectivity index (χ3n) is 3.66. The number of aromatic hydroxyl groups is 2. The molecule has 0 aliphatic carbocycles. The van der Waals surface area contributed by atoms with Crippen molar-refractivity contribution in [2.45, 2.75) is 5.66 Å². The van der Waals surface area contributed by atoms with Crippen molar-refractivity contribution in [3.63, 3.8) is 0 Å². The van der Waals surface area contributed by atoms with Crippen LogP contribution >= 0.6 is 8.58 Å². The van der Waals surface area contributed by atoms with Crippen LogP contribution in [0.4, 0.5) is 0 Å². The zero-order valence-corrected chi connectivity index (χ0v) is 15.7. The summed E-state index contributed by atoms with van der Waals surface area (Å²) >= 11 is 0. The highest BCUT2D eigenvalue weighted by molar-refractivity contribution is 7.47. The number of benzene rings is 3. The molecule has 2 N–H and O–H groups in total. The summed E-state index contributed by atoms with van der Waals surface area (Å²) in [5.41, 5.74) is 2.63. The number of rotatable bonds is 4. The lowest BCUT2D eigenvalue weighted by atomic mass is 10.0. The van der Waals surface area contributed by atoms with Crippen molar-refractivity contribution in [2.24, 2.45) is 0 Å². The summed E-state index contributed by atoms with van der Waals surface area (Å²) in [6.45, 7) is 0. The summed E-state index contributed by atoms with van der Waals surface area (Å²) in [6.07, 6.45) is 0. The Hall–Kier alpha value is -1.58. The molecular weight excluding hydrogens is 418 g/mol. The van der Waals surface area contributed by atoms with E-state index in [-0.39, 0.29) is 49.7 Å². The Labute approximate surface area is 155 Å². The molecule has 1 unspecified atom stereocenters. The maximum absolute atomic E-state index is 9.51. The minimum Gasteiger partial charge on any atom is -1.00 e. The highest BCUT2D eigenvalue weighted by Gasteiger charge is 2.21. The number of halogens is 1. The zero-order valence-electron chi connectivity index (χ0n) is 12.4. The summed E-state index contributed by atoms with van der Waals surface area (Å²) in [7, 11) is -0.000520. The van der Waals surface area contributed by atoms with Crippen molar-refractivity contribution in [1.29, 1.82) is 0 Å². The normalized spacial score (nSPS) is 10.8. The van der Waals surface area contributed by atoms with Gasteiger partial charge in [-0.25, -0.2) is 0 Å². The predicted molar refractivity (Wildman–Crippen MR) is 93.8 cm³/mol. The quantitative estimate of drug-likeness (QED) is 0.472. The molecule has 23 heavy (non-hydrogen) atoms. The molecule has 3 aromatic rings. The molecule has 0 bridgehead atoms. The van der Waals surface area contributed by atoms with Crippen LogP contribution in [0.2, 0.25) is 0 Å². The highest BCUT2D eigenvalue weighted by Crippen LogP contribution is 2.40.